The predicted molar refractivity (Wildman–Crippen MR) is 113 cm³/mol. The molecule has 0 fully saturated rings. The van der Waals surface area contributed by atoms with Crippen molar-refractivity contribution in [1.82, 2.24) is 10.4 Å². The number of hydrogen-bond acceptors (Lipinski definition) is 4. The molecule has 28 heavy (non-hydrogen) atoms. The quantitative estimate of drug-likeness (QED) is 0.748. The minimum Gasteiger partial charge on any atom is -0.370 e. The van der Waals surface area contributed by atoms with E-state index in [1.54, 1.807) is 0 Å². The van der Waals surface area contributed by atoms with Gasteiger partial charge in [-0.15, -0.1) is 5.48 Å². The zero-order valence-corrected chi connectivity index (χ0v) is 17.1. The highest BCUT2D eigenvalue weighted by atomic mass is 16.7. The van der Waals surface area contributed by atoms with Gasteiger partial charge in [0.05, 0.1) is 12.0 Å². The molecule has 4 heteroatoms. The van der Waals surface area contributed by atoms with Crippen molar-refractivity contribution in [3.63, 3.8) is 0 Å². The fourth-order valence-corrected chi connectivity index (χ4v) is 3.18. The zero-order valence-electron chi connectivity index (χ0n) is 17.1. The lowest BCUT2D eigenvalue weighted by Crippen LogP contribution is -2.29. The van der Waals surface area contributed by atoms with E-state index in [1.807, 2.05) is 26.8 Å². The number of carbonyl (C=O) groups is 1. The molecule has 3 rings (SSSR count). The van der Waals surface area contributed by atoms with Gasteiger partial charge in [0.25, 0.3) is 0 Å². The minimum atomic E-state index is -0.507. The summed E-state index contributed by atoms with van der Waals surface area (Å²) in [5.74, 6) is -0.253. The summed E-state index contributed by atoms with van der Waals surface area (Å²) in [7, 11) is 0. The van der Waals surface area contributed by atoms with Crippen LogP contribution >= 0.6 is 0 Å². The van der Waals surface area contributed by atoms with E-state index in [0.717, 1.165) is 31.6 Å². The van der Waals surface area contributed by atoms with Crippen LogP contribution in [0, 0.1) is 5.41 Å². The molecule has 0 bridgehead atoms. The third kappa shape index (κ3) is 5.78. The van der Waals surface area contributed by atoms with E-state index in [4.69, 9.17) is 4.84 Å². The lowest BCUT2D eigenvalue weighted by atomic mass is 9.97. The highest BCUT2D eigenvalue weighted by Gasteiger charge is 2.23. The summed E-state index contributed by atoms with van der Waals surface area (Å²) >= 11 is 0. The fraction of sp³-hybridized carbons (Fsp3) is 0.375. The van der Waals surface area contributed by atoms with Gasteiger partial charge >= 0.3 is 5.97 Å². The van der Waals surface area contributed by atoms with Crippen molar-refractivity contribution in [2.75, 3.05) is 13.1 Å². The zero-order chi connectivity index (χ0) is 20.0. The second kappa shape index (κ2) is 9.18. The molecule has 148 valence electrons. The smallest absolute Gasteiger partial charge is 0.329 e. The van der Waals surface area contributed by atoms with Crippen molar-refractivity contribution in [1.29, 1.82) is 0 Å². The molecule has 2 aromatic carbocycles. The Morgan fingerprint density at radius 3 is 2.50 bits per heavy atom. The lowest BCUT2D eigenvalue weighted by Gasteiger charge is -2.26. The Morgan fingerprint density at radius 2 is 1.82 bits per heavy atom. The van der Waals surface area contributed by atoms with Crippen molar-refractivity contribution in [3.05, 3.63) is 77.4 Å². The number of hydrogen-bond donors (Lipinski definition) is 1. The summed E-state index contributed by atoms with van der Waals surface area (Å²) in [6, 6.07) is 19.1. The van der Waals surface area contributed by atoms with Crippen molar-refractivity contribution >= 4 is 11.5 Å². The van der Waals surface area contributed by atoms with Crippen LogP contribution in [0.3, 0.4) is 0 Å². The molecule has 0 spiro atoms. The van der Waals surface area contributed by atoms with Gasteiger partial charge in [0, 0.05) is 19.6 Å². The third-order valence-electron chi connectivity index (χ3n) is 4.89. The van der Waals surface area contributed by atoms with E-state index in [9.17, 15) is 4.79 Å². The Morgan fingerprint density at radius 1 is 1.07 bits per heavy atom. The molecule has 0 saturated carbocycles. The summed E-state index contributed by atoms with van der Waals surface area (Å²) in [5.41, 5.74) is 7.39. The van der Waals surface area contributed by atoms with E-state index in [2.05, 4.69) is 65.0 Å². The second-order valence-corrected chi connectivity index (χ2v) is 8.36. The maximum Gasteiger partial charge on any atom is 0.329 e. The maximum atomic E-state index is 11.8. The first-order chi connectivity index (χ1) is 13.4. The molecular weight excluding hydrogens is 348 g/mol. The van der Waals surface area contributed by atoms with Crippen LogP contribution in [0.25, 0.3) is 5.57 Å². The van der Waals surface area contributed by atoms with Gasteiger partial charge in [-0.1, -0.05) is 60.7 Å². The first-order valence-corrected chi connectivity index (χ1v) is 9.90. The standard InChI is InChI=1S/C24H30N2O2/c1-24(2,3)23(27)28-25-17-20-10-7-11-22(16-20)21-12-14-26(15-13-21)18-19-8-5-4-6-9-19/h4-12,16,25H,13-15,17-18H2,1-3H3. The van der Waals surface area contributed by atoms with Gasteiger partial charge in [0.1, 0.15) is 0 Å². The minimum absolute atomic E-state index is 0.253. The summed E-state index contributed by atoms with van der Waals surface area (Å²) in [5, 5.41) is 0. The summed E-state index contributed by atoms with van der Waals surface area (Å²) in [4.78, 5) is 19.5. The third-order valence-corrected chi connectivity index (χ3v) is 4.89. The first-order valence-electron chi connectivity index (χ1n) is 9.90. The van der Waals surface area contributed by atoms with E-state index in [1.165, 1.54) is 16.7 Å². The summed E-state index contributed by atoms with van der Waals surface area (Å²) in [6.07, 6.45) is 3.38. The van der Waals surface area contributed by atoms with Gasteiger partial charge in [0.2, 0.25) is 0 Å². The SMILES string of the molecule is CC(C)(C)C(=O)ONCc1cccc(C2=CCN(Cc3ccccc3)CC2)c1. The van der Waals surface area contributed by atoms with Crippen LogP contribution in [-0.2, 0) is 22.7 Å². The van der Waals surface area contributed by atoms with Crippen molar-refractivity contribution < 1.29 is 9.63 Å². The Bertz CT molecular complexity index is 822. The molecule has 4 nitrogen and oxygen atoms in total. The second-order valence-electron chi connectivity index (χ2n) is 8.36. The van der Waals surface area contributed by atoms with E-state index in [0.29, 0.717) is 6.54 Å². The van der Waals surface area contributed by atoms with Gasteiger partial charge in [-0.3, -0.25) is 4.90 Å². The average Bonchev–Trinajstić information content (AvgIpc) is 2.69. The molecule has 0 saturated heterocycles. The molecule has 0 unspecified atom stereocenters. The number of carbonyl (C=O) groups excluding carboxylic acids is 1. The highest BCUT2D eigenvalue weighted by molar-refractivity contribution is 5.75. The molecule has 0 amide bonds. The van der Waals surface area contributed by atoms with Crippen molar-refractivity contribution in [3.8, 4) is 0 Å². The largest absolute Gasteiger partial charge is 0.370 e. The Hall–Kier alpha value is -2.43. The van der Waals surface area contributed by atoms with Crippen molar-refractivity contribution in [2.24, 2.45) is 5.41 Å². The van der Waals surface area contributed by atoms with Crippen LogP contribution in [0.5, 0.6) is 0 Å². The van der Waals surface area contributed by atoms with E-state index >= 15 is 0 Å². The number of hydroxylamine groups is 1. The Balaban J connectivity index is 1.54. The Labute approximate surface area is 168 Å². The molecule has 1 heterocycles. The predicted octanol–water partition coefficient (Wildman–Crippen LogP) is 4.57. The average molecular weight is 379 g/mol. The lowest BCUT2D eigenvalue weighted by molar-refractivity contribution is -0.161. The van der Waals surface area contributed by atoms with Crippen LogP contribution in [0.15, 0.2) is 60.7 Å². The molecule has 1 aliphatic rings. The fourth-order valence-electron chi connectivity index (χ4n) is 3.18. The number of rotatable bonds is 6. The molecule has 0 radical (unpaired) electrons. The molecule has 1 N–H and O–H groups in total. The summed E-state index contributed by atoms with van der Waals surface area (Å²) in [6.45, 7) is 9.05. The molecule has 0 aliphatic carbocycles. The molecule has 1 aliphatic heterocycles. The van der Waals surface area contributed by atoms with Crippen LogP contribution in [0.2, 0.25) is 0 Å². The van der Waals surface area contributed by atoms with E-state index in [-0.39, 0.29) is 5.97 Å². The van der Waals surface area contributed by atoms with Crippen LogP contribution in [-0.4, -0.2) is 24.0 Å². The molecule has 0 atom stereocenters. The van der Waals surface area contributed by atoms with Gasteiger partial charge in [-0.05, 0) is 49.5 Å². The van der Waals surface area contributed by atoms with Crippen molar-refractivity contribution in [2.45, 2.75) is 40.3 Å². The number of nitrogens with one attached hydrogen (secondary N) is 1. The topological polar surface area (TPSA) is 41.6 Å². The monoisotopic (exact) mass is 378 g/mol. The van der Waals surface area contributed by atoms with Crippen LogP contribution < -0.4 is 5.48 Å². The van der Waals surface area contributed by atoms with Gasteiger partial charge < -0.3 is 4.84 Å². The highest BCUT2D eigenvalue weighted by Crippen LogP contribution is 2.24. The summed E-state index contributed by atoms with van der Waals surface area (Å²) < 4.78 is 0. The van der Waals surface area contributed by atoms with Gasteiger partial charge in [-0.2, -0.15) is 0 Å². The van der Waals surface area contributed by atoms with E-state index < -0.39 is 5.41 Å². The number of benzene rings is 2. The molecular formula is C24H30N2O2. The number of nitrogens with zero attached hydrogens (tertiary/aromatic N) is 1. The van der Waals surface area contributed by atoms with Crippen LogP contribution in [0.4, 0.5) is 0 Å². The molecule has 0 aromatic heterocycles. The maximum absolute atomic E-state index is 11.8. The molecule has 2 aromatic rings. The Kier molecular flexibility index (Phi) is 6.65. The first kappa shape index (κ1) is 20.3. The van der Waals surface area contributed by atoms with Gasteiger partial charge in [-0.25, -0.2) is 4.79 Å². The normalized spacial score (nSPS) is 15.2. The van der Waals surface area contributed by atoms with Gasteiger partial charge in [0.15, 0.2) is 0 Å². The van der Waals surface area contributed by atoms with Crippen LogP contribution in [0.1, 0.15) is 43.9 Å².